The van der Waals surface area contributed by atoms with Gasteiger partial charge < -0.3 is 15.6 Å². The van der Waals surface area contributed by atoms with Gasteiger partial charge in [0.15, 0.2) is 0 Å². The fourth-order valence-corrected chi connectivity index (χ4v) is 2.09. The molecule has 3 N–H and O–H groups in total. The number of anilines is 1. The van der Waals surface area contributed by atoms with Crippen molar-refractivity contribution >= 4 is 5.82 Å². The lowest BCUT2D eigenvalue weighted by molar-refractivity contribution is 0.270. The summed E-state index contributed by atoms with van der Waals surface area (Å²) < 4.78 is 6.96. The third-order valence-electron chi connectivity index (χ3n) is 2.98. The van der Waals surface area contributed by atoms with E-state index in [-0.39, 0.29) is 6.61 Å². The van der Waals surface area contributed by atoms with Crippen LogP contribution in [0.4, 0.5) is 5.82 Å². The van der Waals surface area contributed by atoms with E-state index in [1.54, 1.807) is 11.8 Å². The van der Waals surface area contributed by atoms with Gasteiger partial charge in [-0.15, -0.1) is 0 Å². The van der Waals surface area contributed by atoms with E-state index in [1.165, 1.54) is 5.56 Å². The Morgan fingerprint density at radius 2 is 2.16 bits per heavy atom. The van der Waals surface area contributed by atoms with Crippen molar-refractivity contribution in [3.05, 3.63) is 41.1 Å². The quantitative estimate of drug-likeness (QED) is 0.852. The first-order valence-electron chi connectivity index (χ1n) is 6.20. The molecule has 19 heavy (non-hydrogen) atoms. The number of aliphatic hydroxyl groups is 1. The number of aromatic nitrogens is 2. The summed E-state index contributed by atoms with van der Waals surface area (Å²) in [5.41, 5.74) is 8.97. The van der Waals surface area contributed by atoms with E-state index in [4.69, 9.17) is 15.6 Å². The summed E-state index contributed by atoms with van der Waals surface area (Å²) in [7, 11) is 1.66. The minimum atomic E-state index is 0.0269. The van der Waals surface area contributed by atoms with Gasteiger partial charge in [0.05, 0.1) is 26.0 Å². The second kappa shape index (κ2) is 5.75. The smallest absolute Gasteiger partial charge is 0.122 e. The topological polar surface area (TPSA) is 73.3 Å². The van der Waals surface area contributed by atoms with Gasteiger partial charge in [0.25, 0.3) is 0 Å². The molecule has 0 saturated carbocycles. The Morgan fingerprint density at radius 3 is 2.84 bits per heavy atom. The summed E-state index contributed by atoms with van der Waals surface area (Å²) in [4.78, 5) is 0. The van der Waals surface area contributed by atoms with E-state index in [0.717, 1.165) is 17.0 Å². The van der Waals surface area contributed by atoms with Crippen LogP contribution >= 0.6 is 0 Å². The molecule has 2 aromatic rings. The lowest BCUT2D eigenvalue weighted by Gasteiger charge is -2.08. The number of nitrogens with two attached hydrogens (primary N) is 1. The molecule has 0 aliphatic rings. The molecule has 1 aromatic heterocycles. The zero-order valence-corrected chi connectivity index (χ0v) is 11.3. The molecule has 0 spiro atoms. The van der Waals surface area contributed by atoms with Crippen molar-refractivity contribution in [2.45, 2.75) is 19.9 Å². The zero-order valence-electron chi connectivity index (χ0n) is 11.3. The van der Waals surface area contributed by atoms with E-state index in [9.17, 15) is 0 Å². The summed E-state index contributed by atoms with van der Waals surface area (Å²) in [5.74, 6) is 1.41. The van der Waals surface area contributed by atoms with E-state index < -0.39 is 0 Å². The first-order valence-corrected chi connectivity index (χ1v) is 6.20. The Labute approximate surface area is 112 Å². The van der Waals surface area contributed by atoms with Crippen LogP contribution in [-0.2, 0) is 13.0 Å². The molecule has 1 aromatic carbocycles. The molecule has 0 fully saturated rings. The van der Waals surface area contributed by atoms with Gasteiger partial charge in [-0.05, 0) is 13.0 Å². The normalized spacial score (nSPS) is 10.7. The molecule has 0 atom stereocenters. The predicted molar refractivity (Wildman–Crippen MR) is 74.3 cm³/mol. The number of benzene rings is 1. The molecule has 0 unspecified atom stereocenters. The van der Waals surface area contributed by atoms with Crippen LogP contribution < -0.4 is 10.5 Å². The van der Waals surface area contributed by atoms with Crippen LogP contribution in [0.25, 0.3) is 0 Å². The summed E-state index contributed by atoms with van der Waals surface area (Å²) in [5, 5.41) is 13.3. The van der Waals surface area contributed by atoms with Gasteiger partial charge in [-0.1, -0.05) is 17.7 Å². The van der Waals surface area contributed by atoms with Gasteiger partial charge >= 0.3 is 0 Å². The number of methoxy groups -OCH3 is 1. The van der Waals surface area contributed by atoms with Crippen LogP contribution in [0, 0.1) is 6.92 Å². The van der Waals surface area contributed by atoms with Gasteiger partial charge in [-0.3, -0.25) is 0 Å². The highest BCUT2D eigenvalue weighted by atomic mass is 16.5. The van der Waals surface area contributed by atoms with Crippen LogP contribution in [-0.4, -0.2) is 28.6 Å². The predicted octanol–water partition coefficient (Wildman–Crippen LogP) is 1.37. The van der Waals surface area contributed by atoms with Crippen molar-refractivity contribution in [2.24, 2.45) is 0 Å². The number of aryl methyl sites for hydroxylation is 1. The molecule has 102 valence electrons. The molecule has 0 aliphatic heterocycles. The molecule has 2 rings (SSSR count). The molecule has 0 aliphatic carbocycles. The van der Waals surface area contributed by atoms with Crippen LogP contribution in [0.2, 0.25) is 0 Å². The molecule has 0 radical (unpaired) electrons. The average molecular weight is 261 g/mol. The van der Waals surface area contributed by atoms with E-state index >= 15 is 0 Å². The van der Waals surface area contributed by atoms with Crippen molar-refractivity contribution in [1.82, 2.24) is 9.78 Å². The van der Waals surface area contributed by atoms with Crippen LogP contribution in [0.1, 0.15) is 16.8 Å². The minimum Gasteiger partial charge on any atom is -0.496 e. The minimum absolute atomic E-state index is 0.0269. The summed E-state index contributed by atoms with van der Waals surface area (Å²) in [6.45, 7) is 2.48. The Bertz CT molecular complexity index is 564. The maximum atomic E-state index is 8.93. The number of nitrogen functional groups attached to an aromatic ring is 1. The lowest BCUT2D eigenvalue weighted by Crippen LogP contribution is -2.07. The molecule has 5 nitrogen and oxygen atoms in total. The number of aliphatic hydroxyl groups excluding tert-OH is 1. The highest BCUT2D eigenvalue weighted by molar-refractivity contribution is 5.41. The van der Waals surface area contributed by atoms with Gasteiger partial charge in [0.1, 0.15) is 11.6 Å². The SMILES string of the molecule is COc1ccc(C)cc1Cc1cc(N)n(CCO)n1. The lowest BCUT2D eigenvalue weighted by atomic mass is 10.1. The molecule has 0 bridgehead atoms. The van der Waals surface area contributed by atoms with Crippen LogP contribution in [0.15, 0.2) is 24.3 Å². The summed E-state index contributed by atoms with van der Waals surface area (Å²) in [6, 6.07) is 7.89. The van der Waals surface area contributed by atoms with Gasteiger partial charge in [-0.25, -0.2) is 4.68 Å². The maximum absolute atomic E-state index is 8.93. The van der Waals surface area contributed by atoms with Crippen LogP contribution in [0.3, 0.4) is 0 Å². The number of hydrogen-bond donors (Lipinski definition) is 2. The monoisotopic (exact) mass is 261 g/mol. The van der Waals surface area contributed by atoms with E-state index in [1.807, 2.05) is 25.1 Å². The van der Waals surface area contributed by atoms with Crippen molar-refractivity contribution in [1.29, 1.82) is 0 Å². The van der Waals surface area contributed by atoms with Gasteiger partial charge in [0, 0.05) is 18.1 Å². The van der Waals surface area contributed by atoms with Gasteiger partial charge in [-0.2, -0.15) is 5.10 Å². The highest BCUT2D eigenvalue weighted by Gasteiger charge is 2.09. The zero-order chi connectivity index (χ0) is 13.8. The van der Waals surface area contributed by atoms with Crippen LogP contribution in [0.5, 0.6) is 5.75 Å². The molecular weight excluding hydrogens is 242 g/mol. The fourth-order valence-electron chi connectivity index (χ4n) is 2.09. The Hall–Kier alpha value is -2.01. The average Bonchev–Trinajstić information content (AvgIpc) is 2.71. The number of ether oxygens (including phenoxy) is 1. The second-order valence-corrected chi connectivity index (χ2v) is 4.50. The number of nitrogens with zero attached hydrogens (tertiary/aromatic N) is 2. The van der Waals surface area contributed by atoms with Crippen molar-refractivity contribution in [3.63, 3.8) is 0 Å². The third-order valence-corrected chi connectivity index (χ3v) is 2.98. The van der Waals surface area contributed by atoms with Crippen molar-refractivity contribution in [2.75, 3.05) is 19.5 Å². The second-order valence-electron chi connectivity index (χ2n) is 4.50. The number of rotatable bonds is 5. The van der Waals surface area contributed by atoms with E-state index in [2.05, 4.69) is 11.2 Å². The third kappa shape index (κ3) is 3.06. The molecule has 5 heteroatoms. The number of hydrogen-bond acceptors (Lipinski definition) is 4. The van der Waals surface area contributed by atoms with Gasteiger partial charge in [0.2, 0.25) is 0 Å². The molecule has 0 amide bonds. The summed E-state index contributed by atoms with van der Waals surface area (Å²) >= 11 is 0. The molecule has 0 saturated heterocycles. The van der Waals surface area contributed by atoms with Crippen molar-refractivity contribution in [3.8, 4) is 5.75 Å². The molecule has 1 heterocycles. The Kier molecular flexibility index (Phi) is 4.06. The first-order chi connectivity index (χ1) is 9.13. The molecular formula is C14H19N3O2. The maximum Gasteiger partial charge on any atom is 0.122 e. The Morgan fingerprint density at radius 1 is 1.37 bits per heavy atom. The standard InChI is InChI=1S/C14H19N3O2/c1-10-3-4-13(19-2)11(7-10)8-12-9-14(15)17(16-12)5-6-18/h3-4,7,9,18H,5-6,8,15H2,1-2H3. The fraction of sp³-hybridized carbons (Fsp3) is 0.357. The Balaban J connectivity index is 2.25. The highest BCUT2D eigenvalue weighted by Crippen LogP contribution is 2.23. The van der Waals surface area contributed by atoms with Crippen molar-refractivity contribution < 1.29 is 9.84 Å². The first kappa shape index (κ1) is 13.4. The summed E-state index contributed by atoms with van der Waals surface area (Å²) in [6.07, 6.45) is 0.660. The largest absolute Gasteiger partial charge is 0.496 e. The van der Waals surface area contributed by atoms with E-state index in [0.29, 0.717) is 18.8 Å².